The normalized spacial score (nSPS) is 18.7. The molecule has 172 valence electrons. The van der Waals surface area contributed by atoms with Crippen molar-refractivity contribution in [2.75, 3.05) is 44.4 Å². The van der Waals surface area contributed by atoms with Gasteiger partial charge in [-0.05, 0) is 31.7 Å². The monoisotopic (exact) mass is 440 g/mol. The highest BCUT2D eigenvalue weighted by Gasteiger charge is 2.23. The number of ether oxygens (including phenoxy) is 2. The summed E-state index contributed by atoms with van der Waals surface area (Å²) in [6, 6.07) is 9.99. The van der Waals surface area contributed by atoms with Gasteiger partial charge in [-0.2, -0.15) is 0 Å². The molecule has 0 spiro atoms. The number of hydrogen-bond acceptors (Lipinski definition) is 6. The lowest BCUT2D eigenvalue weighted by Crippen LogP contribution is -2.39. The van der Waals surface area contributed by atoms with Crippen molar-refractivity contribution in [1.82, 2.24) is 14.9 Å². The van der Waals surface area contributed by atoms with Gasteiger partial charge in [0.1, 0.15) is 0 Å². The zero-order valence-electron chi connectivity index (χ0n) is 18.7. The zero-order valence-corrected chi connectivity index (χ0v) is 18.7. The number of aromatic nitrogens is 2. The van der Waals surface area contributed by atoms with Gasteiger partial charge in [0.05, 0.1) is 19.3 Å². The van der Waals surface area contributed by atoms with Crippen LogP contribution in [0.15, 0.2) is 35.1 Å². The molecule has 1 amide bonds. The lowest BCUT2D eigenvalue weighted by molar-refractivity contribution is -0.133. The highest BCUT2D eigenvalue weighted by Crippen LogP contribution is 2.17. The van der Waals surface area contributed by atoms with Crippen LogP contribution in [0.2, 0.25) is 0 Å². The fraction of sp³-hybridized carbons (Fsp3) is 0.542. The van der Waals surface area contributed by atoms with Crippen molar-refractivity contribution < 1.29 is 14.3 Å². The van der Waals surface area contributed by atoms with Crippen molar-refractivity contribution in [3.05, 3.63) is 57.5 Å². The number of H-pyrrole nitrogens is 1. The summed E-state index contributed by atoms with van der Waals surface area (Å²) in [5.74, 6) is 0.607. The largest absolute Gasteiger partial charge is 0.378 e. The maximum absolute atomic E-state index is 13.2. The summed E-state index contributed by atoms with van der Waals surface area (Å²) in [5.41, 5.74) is 2.17. The first-order valence-electron chi connectivity index (χ1n) is 11.5. The number of rotatable bonds is 8. The van der Waals surface area contributed by atoms with Crippen LogP contribution in [0.4, 0.5) is 5.95 Å². The Hall–Kier alpha value is -2.71. The van der Waals surface area contributed by atoms with Crippen LogP contribution in [0.3, 0.4) is 0 Å². The number of aryl methyl sites for hydroxylation is 1. The lowest BCUT2D eigenvalue weighted by atomic mass is 10.1. The summed E-state index contributed by atoms with van der Waals surface area (Å²) in [6.07, 6.45) is 2.73. The molecule has 32 heavy (non-hydrogen) atoms. The Morgan fingerprint density at radius 1 is 1.22 bits per heavy atom. The molecule has 8 heteroatoms. The van der Waals surface area contributed by atoms with E-state index in [-0.39, 0.29) is 24.0 Å². The maximum atomic E-state index is 13.2. The quantitative estimate of drug-likeness (QED) is 0.676. The fourth-order valence-electron chi connectivity index (χ4n) is 4.30. The Bertz CT molecular complexity index is 950. The molecule has 1 unspecified atom stereocenters. The maximum Gasteiger partial charge on any atom is 0.255 e. The molecule has 1 N–H and O–H groups in total. The molecule has 2 fully saturated rings. The van der Waals surface area contributed by atoms with E-state index in [1.54, 1.807) is 0 Å². The van der Waals surface area contributed by atoms with Crippen molar-refractivity contribution >= 4 is 11.9 Å². The summed E-state index contributed by atoms with van der Waals surface area (Å²) < 4.78 is 11.1. The molecule has 3 heterocycles. The molecule has 4 rings (SSSR count). The Morgan fingerprint density at radius 3 is 2.69 bits per heavy atom. The second kappa shape index (κ2) is 10.7. The summed E-state index contributed by atoms with van der Waals surface area (Å²) in [7, 11) is 0. The summed E-state index contributed by atoms with van der Waals surface area (Å²) in [6.45, 7) is 6.39. The molecule has 2 aliphatic heterocycles. The van der Waals surface area contributed by atoms with Crippen LogP contribution in [-0.2, 0) is 27.2 Å². The lowest BCUT2D eigenvalue weighted by Gasteiger charge is -2.27. The Balaban J connectivity index is 1.43. The number of amides is 1. The van der Waals surface area contributed by atoms with Crippen molar-refractivity contribution in [3.8, 4) is 0 Å². The van der Waals surface area contributed by atoms with E-state index in [1.165, 1.54) is 0 Å². The molecule has 8 nitrogen and oxygen atoms in total. The number of anilines is 1. The number of nitrogens with zero attached hydrogens (tertiary/aromatic N) is 3. The van der Waals surface area contributed by atoms with E-state index in [2.05, 4.69) is 9.97 Å². The van der Waals surface area contributed by atoms with Crippen molar-refractivity contribution in [1.29, 1.82) is 0 Å². The average Bonchev–Trinajstić information content (AvgIpc) is 3.32. The molecular weight excluding hydrogens is 408 g/mol. The van der Waals surface area contributed by atoms with Gasteiger partial charge in [-0.25, -0.2) is 4.98 Å². The van der Waals surface area contributed by atoms with E-state index in [1.807, 2.05) is 47.1 Å². The number of hydrogen-bond donors (Lipinski definition) is 1. The molecule has 1 atom stereocenters. The van der Waals surface area contributed by atoms with Gasteiger partial charge in [0.2, 0.25) is 11.9 Å². The smallest absolute Gasteiger partial charge is 0.255 e. The summed E-state index contributed by atoms with van der Waals surface area (Å²) >= 11 is 0. The standard InChI is InChI=1S/C24H32N4O4/c1-18-21(23(30)26-24(25-18)27-11-14-31-15-12-27)9-10-22(29)28(17-20-8-5-13-32-20)16-19-6-3-2-4-7-19/h2-4,6-7,20H,5,8-17H2,1H3,(H,25,26,30). The molecule has 2 aromatic rings. The summed E-state index contributed by atoms with van der Waals surface area (Å²) in [5, 5.41) is 0. The number of morpholine rings is 1. The van der Waals surface area contributed by atoms with Crippen LogP contribution >= 0.6 is 0 Å². The van der Waals surface area contributed by atoms with Crippen molar-refractivity contribution in [3.63, 3.8) is 0 Å². The third kappa shape index (κ3) is 5.75. The topological polar surface area (TPSA) is 87.8 Å². The van der Waals surface area contributed by atoms with Gasteiger partial charge in [0, 0.05) is 50.5 Å². The highest BCUT2D eigenvalue weighted by atomic mass is 16.5. The number of nitrogens with one attached hydrogen (secondary N) is 1. The highest BCUT2D eigenvalue weighted by molar-refractivity contribution is 5.76. The molecule has 1 aromatic heterocycles. The minimum atomic E-state index is -0.166. The molecular formula is C24H32N4O4. The predicted octanol–water partition coefficient (Wildman–Crippen LogP) is 2.06. The zero-order chi connectivity index (χ0) is 22.3. The Labute approximate surface area is 188 Å². The number of benzene rings is 1. The third-order valence-corrected chi connectivity index (χ3v) is 6.13. The third-order valence-electron chi connectivity index (χ3n) is 6.13. The Morgan fingerprint density at radius 2 is 2.00 bits per heavy atom. The fourth-order valence-corrected chi connectivity index (χ4v) is 4.30. The van der Waals surface area contributed by atoms with Crippen molar-refractivity contribution in [2.45, 2.75) is 45.3 Å². The number of aromatic amines is 1. The first kappa shape index (κ1) is 22.5. The van der Waals surface area contributed by atoms with E-state index in [4.69, 9.17) is 9.47 Å². The van der Waals surface area contributed by atoms with Crippen LogP contribution in [0, 0.1) is 6.92 Å². The van der Waals surface area contributed by atoms with Gasteiger partial charge in [-0.1, -0.05) is 30.3 Å². The van der Waals surface area contributed by atoms with Gasteiger partial charge in [0.15, 0.2) is 0 Å². The second-order valence-corrected chi connectivity index (χ2v) is 8.45. The minimum absolute atomic E-state index is 0.0282. The van der Waals surface area contributed by atoms with E-state index >= 15 is 0 Å². The van der Waals surface area contributed by atoms with E-state index < -0.39 is 0 Å². The molecule has 0 radical (unpaired) electrons. The van der Waals surface area contributed by atoms with E-state index in [9.17, 15) is 9.59 Å². The molecule has 0 aliphatic carbocycles. The van der Waals surface area contributed by atoms with Crippen LogP contribution in [-0.4, -0.2) is 66.3 Å². The molecule has 0 bridgehead atoms. The van der Waals surface area contributed by atoms with Crippen LogP contribution in [0.1, 0.15) is 36.1 Å². The molecule has 0 saturated carbocycles. The van der Waals surface area contributed by atoms with Crippen LogP contribution in [0.5, 0.6) is 0 Å². The first-order valence-corrected chi connectivity index (χ1v) is 11.5. The second-order valence-electron chi connectivity index (χ2n) is 8.45. The van der Waals surface area contributed by atoms with Crippen molar-refractivity contribution in [2.24, 2.45) is 0 Å². The SMILES string of the molecule is Cc1nc(N2CCOCC2)[nH]c(=O)c1CCC(=O)N(Cc1ccccc1)CC1CCCO1. The van der Waals surface area contributed by atoms with Gasteiger partial charge in [-0.15, -0.1) is 0 Å². The predicted molar refractivity (Wildman–Crippen MR) is 122 cm³/mol. The minimum Gasteiger partial charge on any atom is -0.378 e. The van der Waals surface area contributed by atoms with E-state index in [0.29, 0.717) is 63.0 Å². The average molecular weight is 441 g/mol. The van der Waals surface area contributed by atoms with Gasteiger partial charge in [-0.3, -0.25) is 14.6 Å². The van der Waals surface area contributed by atoms with Crippen LogP contribution in [0.25, 0.3) is 0 Å². The van der Waals surface area contributed by atoms with Gasteiger partial charge in [0.25, 0.3) is 5.56 Å². The molecule has 1 aromatic carbocycles. The van der Waals surface area contributed by atoms with Gasteiger partial charge >= 0.3 is 0 Å². The Kier molecular flexibility index (Phi) is 7.55. The molecule has 2 saturated heterocycles. The summed E-state index contributed by atoms with van der Waals surface area (Å²) in [4.78, 5) is 37.3. The van der Waals surface area contributed by atoms with Crippen LogP contribution < -0.4 is 10.5 Å². The number of carbonyl (C=O) groups is 1. The number of carbonyl (C=O) groups excluding carboxylic acids is 1. The first-order chi connectivity index (χ1) is 15.6. The molecule has 2 aliphatic rings. The van der Waals surface area contributed by atoms with E-state index in [0.717, 1.165) is 25.0 Å². The van der Waals surface area contributed by atoms with Gasteiger partial charge < -0.3 is 19.3 Å².